The Hall–Kier alpha value is -1.13. The molecule has 2 saturated heterocycles. The Morgan fingerprint density at radius 1 is 1.32 bits per heavy atom. The first-order valence-corrected chi connectivity index (χ1v) is 7.21. The SMILES string of the molecule is c1ccc(OC[C@H]2COCCC23CCNCC3)nc1. The van der Waals surface area contributed by atoms with Crippen LogP contribution in [0.25, 0.3) is 0 Å². The van der Waals surface area contributed by atoms with Crippen molar-refractivity contribution in [1.29, 1.82) is 0 Å². The summed E-state index contributed by atoms with van der Waals surface area (Å²) in [5.41, 5.74) is 0.415. The highest BCUT2D eigenvalue weighted by molar-refractivity contribution is 5.09. The van der Waals surface area contributed by atoms with Gasteiger partial charge in [-0.05, 0) is 43.8 Å². The predicted octanol–water partition coefficient (Wildman–Crippen LogP) is 1.87. The molecule has 104 valence electrons. The van der Waals surface area contributed by atoms with Crippen molar-refractivity contribution in [2.45, 2.75) is 19.3 Å². The van der Waals surface area contributed by atoms with Gasteiger partial charge in [0.1, 0.15) is 0 Å². The van der Waals surface area contributed by atoms with Crippen LogP contribution in [0.2, 0.25) is 0 Å². The zero-order valence-electron chi connectivity index (χ0n) is 11.3. The lowest BCUT2D eigenvalue weighted by Crippen LogP contribution is -2.48. The molecule has 3 rings (SSSR count). The maximum atomic E-state index is 5.86. The third-order valence-electron chi connectivity index (χ3n) is 4.60. The van der Waals surface area contributed by atoms with E-state index in [-0.39, 0.29) is 0 Å². The fourth-order valence-electron chi connectivity index (χ4n) is 3.31. The van der Waals surface area contributed by atoms with E-state index in [0.717, 1.165) is 38.8 Å². The molecule has 4 heteroatoms. The van der Waals surface area contributed by atoms with Gasteiger partial charge >= 0.3 is 0 Å². The van der Waals surface area contributed by atoms with Crippen molar-refractivity contribution in [3.63, 3.8) is 0 Å². The van der Waals surface area contributed by atoms with E-state index in [1.54, 1.807) is 6.20 Å². The van der Waals surface area contributed by atoms with Crippen molar-refractivity contribution in [3.8, 4) is 5.88 Å². The number of nitrogens with zero attached hydrogens (tertiary/aromatic N) is 1. The third kappa shape index (κ3) is 2.90. The van der Waals surface area contributed by atoms with E-state index in [4.69, 9.17) is 9.47 Å². The third-order valence-corrected chi connectivity index (χ3v) is 4.60. The van der Waals surface area contributed by atoms with Crippen LogP contribution in [0.3, 0.4) is 0 Å². The van der Waals surface area contributed by atoms with Gasteiger partial charge in [-0.15, -0.1) is 0 Å². The molecule has 1 aromatic rings. The molecule has 0 unspecified atom stereocenters. The topological polar surface area (TPSA) is 43.4 Å². The Bertz CT molecular complexity index is 382. The zero-order valence-corrected chi connectivity index (χ0v) is 11.3. The number of ether oxygens (including phenoxy) is 2. The maximum absolute atomic E-state index is 5.86. The summed E-state index contributed by atoms with van der Waals surface area (Å²) < 4.78 is 11.5. The van der Waals surface area contributed by atoms with Gasteiger partial charge < -0.3 is 14.8 Å². The van der Waals surface area contributed by atoms with Crippen LogP contribution in [-0.4, -0.2) is 37.9 Å². The Morgan fingerprint density at radius 2 is 2.21 bits per heavy atom. The zero-order chi connectivity index (χ0) is 13.0. The second-order valence-corrected chi connectivity index (χ2v) is 5.61. The molecule has 0 amide bonds. The van der Waals surface area contributed by atoms with E-state index in [9.17, 15) is 0 Å². The smallest absolute Gasteiger partial charge is 0.213 e. The molecule has 19 heavy (non-hydrogen) atoms. The highest BCUT2D eigenvalue weighted by atomic mass is 16.5. The highest BCUT2D eigenvalue weighted by Crippen LogP contribution is 2.43. The quantitative estimate of drug-likeness (QED) is 0.903. The second kappa shape index (κ2) is 5.88. The average Bonchev–Trinajstić information content (AvgIpc) is 2.48. The lowest BCUT2D eigenvalue weighted by atomic mass is 9.66. The van der Waals surface area contributed by atoms with E-state index >= 15 is 0 Å². The number of hydrogen-bond donors (Lipinski definition) is 1. The Labute approximate surface area is 114 Å². The summed E-state index contributed by atoms with van der Waals surface area (Å²) in [6.07, 6.45) is 5.43. The molecular weight excluding hydrogens is 240 g/mol. The van der Waals surface area contributed by atoms with Crippen molar-refractivity contribution >= 4 is 0 Å². The molecule has 0 radical (unpaired) electrons. The second-order valence-electron chi connectivity index (χ2n) is 5.61. The lowest BCUT2D eigenvalue weighted by molar-refractivity contribution is -0.0725. The summed E-state index contributed by atoms with van der Waals surface area (Å²) in [6, 6.07) is 5.78. The molecule has 0 aromatic carbocycles. The number of aromatic nitrogens is 1. The van der Waals surface area contributed by atoms with Gasteiger partial charge in [0.25, 0.3) is 0 Å². The molecule has 2 fully saturated rings. The summed E-state index contributed by atoms with van der Waals surface area (Å²) in [4.78, 5) is 4.22. The van der Waals surface area contributed by atoms with Gasteiger partial charge in [-0.1, -0.05) is 6.07 Å². The average molecular weight is 262 g/mol. The molecule has 0 saturated carbocycles. The molecule has 3 heterocycles. The van der Waals surface area contributed by atoms with Crippen molar-refractivity contribution in [3.05, 3.63) is 24.4 Å². The molecule has 1 N–H and O–H groups in total. The summed E-state index contributed by atoms with van der Waals surface area (Å²) >= 11 is 0. The number of rotatable bonds is 3. The van der Waals surface area contributed by atoms with E-state index < -0.39 is 0 Å². The van der Waals surface area contributed by atoms with Crippen LogP contribution in [0.15, 0.2) is 24.4 Å². The van der Waals surface area contributed by atoms with Crippen LogP contribution in [0.4, 0.5) is 0 Å². The normalized spacial score (nSPS) is 26.2. The molecule has 2 aliphatic heterocycles. The predicted molar refractivity (Wildman–Crippen MR) is 73.2 cm³/mol. The van der Waals surface area contributed by atoms with Crippen molar-refractivity contribution in [2.24, 2.45) is 11.3 Å². The van der Waals surface area contributed by atoms with Crippen molar-refractivity contribution < 1.29 is 9.47 Å². The van der Waals surface area contributed by atoms with Gasteiger partial charge in [0, 0.05) is 24.8 Å². The van der Waals surface area contributed by atoms with Gasteiger partial charge in [-0.3, -0.25) is 0 Å². The number of piperidine rings is 1. The fraction of sp³-hybridized carbons (Fsp3) is 0.667. The first-order valence-electron chi connectivity index (χ1n) is 7.21. The highest BCUT2D eigenvalue weighted by Gasteiger charge is 2.42. The minimum atomic E-state index is 0.415. The number of hydrogen-bond acceptors (Lipinski definition) is 4. The van der Waals surface area contributed by atoms with Crippen LogP contribution in [-0.2, 0) is 4.74 Å². The molecule has 1 spiro atoms. The van der Waals surface area contributed by atoms with Crippen LogP contribution in [0, 0.1) is 11.3 Å². The molecule has 1 aromatic heterocycles. The van der Waals surface area contributed by atoms with E-state index in [1.165, 1.54) is 19.3 Å². The van der Waals surface area contributed by atoms with Crippen molar-refractivity contribution in [2.75, 3.05) is 32.9 Å². The van der Waals surface area contributed by atoms with Gasteiger partial charge in [-0.2, -0.15) is 0 Å². The minimum absolute atomic E-state index is 0.415. The number of nitrogens with one attached hydrogen (secondary N) is 1. The lowest BCUT2D eigenvalue weighted by Gasteiger charge is -2.46. The van der Waals surface area contributed by atoms with Gasteiger partial charge in [0.05, 0.1) is 13.2 Å². The molecule has 4 nitrogen and oxygen atoms in total. The summed E-state index contributed by atoms with van der Waals surface area (Å²) in [5.74, 6) is 1.21. The fourth-order valence-corrected chi connectivity index (χ4v) is 3.31. The first kappa shape index (κ1) is 12.9. The van der Waals surface area contributed by atoms with E-state index in [0.29, 0.717) is 11.3 Å². The number of pyridine rings is 1. The molecule has 0 bridgehead atoms. The van der Waals surface area contributed by atoms with Gasteiger partial charge in [0.2, 0.25) is 5.88 Å². The molecule has 1 atom stereocenters. The molecule has 2 aliphatic rings. The largest absolute Gasteiger partial charge is 0.477 e. The maximum Gasteiger partial charge on any atom is 0.213 e. The Morgan fingerprint density at radius 3 is 3.00 bits per heavy atom. The van der Waals surface area contributed by atoms with Gasteiger partial charge in [0.15, 0.2) is 0 Å². The van der Waals surface area contributed by atoms with Crippen LogP contribution in [0.5, 0.6) is 5.88 Å². The summed E-state index contributed by atoms with van der Waals surface area (Å²) in [5, 5.41) is 3.46. The molecular formula is C15H22N2O2. The minimum Gasteiger partial charge on any atom is -0.477 e. The van der Waals surface area contributed by atoms with Crippen LogP contribution >= 0.6 is 0 Å². The monoisotopic (exact) mass is 262 g/mol. The van der Waals surface area contributed by atoms with Crippen LogP contribution < -0.4 is 10.1 Å². The standard InChI is InChI=1S/C15H22N2O2/c1-2-7-17-14(3-1)19-12-13-11-18-10-6-15(13)4-8-16-9-5-15/h1-3,7,13,16H,4-6,8-12H2/t13-/m1/s1. The first-order chi connectivity index (χ1) is 9.39. The van der Waals surface area contributed by atoms with Crippen molar-refractivity contribution in [1.82, 2.24) is 10.3 Å². The van der Waals surface area contributed by atoms with E-state index in [2.05, 4.69) is 10.3 Å². The van der Waals surface area contributed by atoms with Gasteiger partial charge in [-0.25, -0.2) is 4.98 Å². The summed E-state index contributed by atoms with van der Waals surface area (Å²) in [6.45, 7) is 4.70. The molecule has 0 aliphatic carbocycles. The Balaban J connectivity index is 1.64. The summed E-state index contributed by atoms with van der Waals surface area (Å²) in [7, 11) is 0. The van der Waals surface area contributed by atoms with E-state index in [1.807, 2.05) is 18.2 Å². The Kier molecular flexibility index (Phi) is 3.99. The van der Waals surface area contributed by atoms with Crippen LogP contribution in [0.1, 0.15) is 19.3 Å².